The monoisotopic (exact) mass is 346 g/mol. The van der Waals surface area contributed by atoms with Gasteiger partial charge in [-0.25, -0.2) is 9.78 Å². The van der Waals surface area contributed by atoms with Crippen molar-refractivity contribution in [3.05, 3.63) is 47.0 Å². The van der Waals surface area contributed by atoms with Gasteiger partial charge in [0.2, 0.25) is 0 Å². The molecule has 7 heteroatoms. The molecular formula is C17H22N4O2S. The summed E-state index contributed by atoms with van der Waals surface area (Å²) in [6.45, 7) is 5.83. The van der Waals surface area contributed by atoms with Crippen molar-refractivity contribution in [3.63, 3.8) is 0 Å². The number of benzene rings is 1. The predicted octanol–water partition coefficient (Wildman–Crippen LogP) is 2.65. The van der Waals surface area contributed by atoms with Crippen LogP contribution in [-0.4, -0.2) is 48.8 Å². The Kier molecular flexibility index (Phi) is 5.79. The van der Waals surface area contributed by atoms with Crippen LogP contribution in [0.1, 0.15) is 17.2 Å². The second-order valence-corrected chi connectivity index (χ2v) is 6.65. The normalized spacial score (nSPS) is 16.5. The fourth-order valence-electron chi connectivity index (χ4n) is 2.84. The summed E-state index contributed by atoms with van der Waals surface area (Å²) >= 11 is 1.40. The van der Waals surface area contributed by atoms with Crippen LogP contribution in [0.5, 0.6) is 0 Å². The molecule has 0 spiro atoms. The lowest BCUT2D eigenvalue weighted by atomic mass is 10.0. The Labute approximate surface area is 145 Å². The fraction of sp³-hybridized carbons (Fsp3) is 0.412. The lowest BCUT2D eigenvalue weighted by Crippen LogP contribution is -2.44. The van der Waals surface area contributed by atoms with Crippen molar-refractivity contribution in [2.24, 2.45) is 0 Å². The van der Waals surface area contributed by atoms with Crippen LogP contribution in [0.2, 0.25) is 0 Å². The van der Waals surface area contributed by atoms with E-state index in [1.54, 1.807) is 6.20 Å². The van der Waals surface area contributed by atoms with Crippen LogP contribution in [0.4, 0.5) is 9.93 Å². The van der Waals surface area contributed by atoms with Gasteiger partial charge in [0.15, 0.2) is 5.13 Å². The Balaban J connectivity index is 1.66. The molecule has 0 aliphatic carbocycles. The largest absolute Gasteiger partial charge is 0.379 e. The summed E-state index contributed by atoms with van der Waals surface area (Å²) in [4.78, 5) is 18.5. The molecule has 2 heterocycles. The van der Waals surface area contributed by atoms with E-state index in [2.05, 4.69) is 51.7 Å². The number of nitrogens with zero attached hydrogens (tertiary/aromatic N) is 2. The molecule has 2 N–H and O–H groups in total. The number of anilines is 1. The van der Waals surface area contributed by atoms with Crippen molar-refractivity contribution >= 4 is 22.5 Å². The van der Waals surface area contributed by atoms with Gasteiger partial charge in [-0.15, -0.1) is 11.3 Å². The molecule has 0 unspecified atom stereocenters. The fourth-order valence-corrected chi connectivity index (χ4v) is 3.36. The van der Waals surface area contributed by atoms with Gasteiger partial charge in [0, 0.05) is 31.2 Å². The first kappa shape index (κ1) is 16.9. The molecular weight excluding hydrogens is 324 g/mol. The lowest BCUT2D eigenvalue weighted by Gasteiger charge is -2.35. The van der Waals surface area contributed by atoms with Gasteiger partial charge in [-0.1, -0.05) is 29.8 Å². The molecule has 1 aliphatic heterocycles. The maximum absolute atomic E-state index is 12.1. The number of thiazole rings is 1. The van der Waals surface area contributed by atoms with Crippen LogP contribution < -0.4 is 10.6 Å². The molecule has 128 valence electrons. The van der Waals surface area contributed by atoms with Crippen LogP contribution in [0, 0.1) is 6.92 Å². The number of urea groups is 1. The Morgan fingerprint density at radius 3 is 2.96 bits per heavy atom. The van der Waals surface area contributed by atoms with Crippen LogP contribution in [0.25, 0.3) is 0 Å². The van der Waals surface area contributed by atoms with Gasteiger partial charge in [0.05, 0.1) is 19.3 Å². The number of nitrogens with one attached hydrogen (secondary N) is 2. The smallest absolute Gasteiger partial charge is 0.321 e. The molecule has 1 saturated heterocycles. The third kappa shape index (κ3) is 4.53. The van der Waals surface area contributed by atoms with Crippen molar-refractivity contribution in [3.8, 4) is 0 Å². The number of aryl methyl sites for hydroxylation is 1. The number of carbonyl (C=O) groups excluding carboxylic acids is 1. The molecule has 24 heavy (non-hydrogen) atoms. The predicted molar refractivity (Wildman–Crippen MR) is 95.4 cm³/mol. The van der Waals surface area contributed by atoms with Crippen molar-refractivity contribution in [2.75, 3.05) is 38.2 Å². The number of morpholine rings is 1. The summed E-state index contributed by atoms with van der Waals surface area (Å²) in [6.07, 6.45) is 1.67. The highest BCUT2D eigenvalue weighted by molar-refractivity contribution is 7.13. The summed E-state index contributed by atoms with van der Waals surface area (Å²) in [5.41, 5.74) is 2.43. The third-order valence-corrected chi connectivity index (χ3v) is 4.71. The van der Waals surface area contributed by atoms with Gasteiger partial charge in [0.25, 0.3) is 0 Å². The van der Waals surface area contributed by atoms with Gasteiger partial charge < -0.3 is 10.1 Å². The van der Waals surface area contributed by atoms with E-state index < -0.39 is 0 Å². The van der Waals surface area contributed by atoms with Crippen molar-refractivity contribution in [2.45, 2.75) is 13.0 Å². The Bertz CT molecular complexity index is 656. The number of hydrogen-bond acceptors (Lipinski definition) is 5. The first-order valence-corrected chi connectivity index (χ1v) is 8.93. The maximum atomic E-state index is 12.1. The zero-order chi connectivity index (χ0) is 16.8. The number of hydrogen-bond donors (Lipinski definition) is 2. The van der Waals surface area contributed by atoms with Crippen molar-refractivity contribution < 1.29 is 9.53 Å². The number of ether oxygens (including phenoxy) is 1. The Hall–Kier alpha value is -1.96. The SMILES string of the molecule is Cc1cccc([C@H](CNC(=O)Nc2nccs2)N2CCOCC2)c1. The van der Waals surface area contributed by atoms with E-state index in [1.165, 1.54) is 22.5 Å². The van der Waals surface area contributed by atoms with Crippen LogP contribution >= 0.6 is 11.3 Å². The van der Waals surface area contributed by atoms with E-state index in [0.717, 1.165) is 26.3 Å². The number of aromatic nitrogens is 1. The van der Waals surface area contributed by atoms with Crippen LogP contribution in [0.3, 0.4) is 0 Å². The lowest BCUT2D eigenvalue weighted by molar-refractivity contribution is 0.0168. The molecule has 3 rings (SSSR count). The van der Waals surface area contributed by atoms with Crippen LogP contribution in [-0.2, 0) is 4.74 Å². The molecule has 0 saturated carbocycles. The molecule has 2 amide bonds. The van der Waals surface area contributed by atoms with Gasteiger partial charge >= 0.3 is 6.03 Å². The third-order valence-electron chi connectivity index (χ3n) is 4.02. The highest BCUT2D eigenvalue weighted by atomic mass is 32.1. The number of carbonyl (C=O) groups is 1. The molecule has 6 nitrogen and oxygen atoms in total. The van der Waals surface area contributed by atoms with E-state index in [9.17, 15) is 4.79 Å². The van der Waals surface area contributed by atoms with E-state index in [1.807, 2.05) is 5.38 Å². The number of rotatable bonds is 5. The van der Waals surface area contributed by atoms with E-state index in [0.29, 0.717) is 11.7 Å². The molecule has 2 aromatic rings. The van der Waals surface area contributed by atoms with Crippen LogP contribution in [0.15, 0.2) is 35.8 Å². The Morgan fingerprint density at radius 1 is 1.42 bits per heavy atom. The standard InChI is InChI=1S/C17H22N4O2S/c1-13-3-2-4-14(11-13)15(21-6-8-23-9-7-21)12-19-16(22)20-17-18-5-10-24-17/h2-5,10-11,15H,6-9,12H2,1H3,(H2,18,19,20,22)/t15-/m0/s1. The second-order valence-electron chi connectivity index (χ2n) is 5.75. The summed E-state index contributed by atoms with van der Waals surface area (Å²) in [6, 6.07) is 8.36. The van der Waals surface area contributed by atoms with Crippen molar-refractivity contribution in [1.29, 1.82) is 0 Å². The average Bonchev–Trinajstić information content (AvgIpc) is 3.09. The van der Waals surface area contributed by atoms with E-state index >= 15 is 0 Å². The summed E-state index contributed by atoms with van der Waals surface area (Å²) in [5, 5.41) is 8.16. The van der Waals surface area contributed by atoms with Crippen molar-refractivity contribution in [1.82, 2.24) is 15.2 Å². The minimum atomic E-state index is -0.226. The van der Waals surface area contributed by atoms with E-state index in [-0.39, 0.29) is 12.1 Å². The second kappa shape index (κ2) is 8.23. The molecule has 1 fully saturated rings. The average molecular weight is 346 g/mol. The highest BCUT2D eigenvalue weighted by Gasteiger charge is 2.23. The molecule has 0 bridgehead atoms. The number of amides is 2. The first-order chi connectivity index (χ1) is 11.7. The molecule has 1 aromatic heterocycles. The van der Waals surface area contributed by atoms with Gasteiger partial charge in [0.1, 0.15) is 0 Å². The minimum absolute atomic E-state index is 0.135. The molecule has 1 atom stereocenters. The summed E-state index contributed by atoms with van der Waals surface area (Å²) in [5.74, 6) is 0. The highest BCUT2D eigenvalue weighted by Crippen LogP contribution is 2.22. The van der Waals surface area contributed by atoms with Gasteiger partial charge in [-0.05, 0) is 12.5 Å². The summed E-state index contributed by atoms with van der Waals surface area (Å²) < 4.78 is 5.46. The van der Waals surface area contributed by atoms with E-state index in [4.69, 9.17) is 4.74 Å². The van der Waals surface area contributed by atoms with Gasteiger partial charge in [-0.2, -0.15) is 0 Å². The topological polar surface area (TPSA) is 66.5 Å². The first-order valence-electron chi connectivity index (χ1n) is 8.05. The quantitative estimate of drug-likeness (QED) is 0.873. The Morgan fingerprint density at radius 2 is 2.25 bits per heavy atom. The zero-order valence-electron chi connectivity index (χ0n) is 13.7. The molecule has 1 aliphatic rings. The van der Waals surface area contributed by atoms with Gasteiger partial charge in [-0.3, -0.25) is 10.2 Å². The molecule has 1 aromatic carbocycles. The molecule has 0 radical (unpaired) electrons. The summed E-state index contributed by atoms with van der Waals surface area (Å²) in [7, 11) is 0. The minimum Gasteiger partial charge on any atom is -0.379 e. The maximum Gasteiger partial charge on any atom is 0.321 e. The zero-order valence-corrected chi connectivity index (χ0v) is 14.5.